The number of fused-ring (bicyclic) bond motifs is 2. The fraction of sp³-hybridized carbons (Fsp3) is 0.200. The van der Waals surface area contributed by atoms with Gasteiger partial charge >= 0.3 is 161 Å². The van der Waals surface area contributed by atoms with Gasteiger partial charge in [-0.15, -0.1) is 0 Å². The third kappa shape index (κ3) is 2.50. The van der Waals surface area contributed by atoms with Gasteiger partial charge in [0.2, 0.25) is 0 Å². The normalized spacial score (nSPS) is 24.1. The molecule has 1 fully saturated rings. The SMILES string of the molecule is C1=C[C@@H]2C[C@H]1C[C@@H]2[Sn]([c]1ccccc1)([c]1ccccc1)[c]1ccccc1. The van der Waals surface area contributed by atoms with Crippen LogP contribution in [0.1, 0.15) is 12.8 Å². The van der Waals surface area contributed by atoms with Gasteiger partial charge in [-0.2, -0.15) is 0 Å². The second kappa shape index (κ2) is 6.74. The third-order valence-electron chi connectivity index (χ3n) is 6.52. The van der Waals surface area contributed by atoms with Crippen LogP contribution < -0.4 is 10.7 Å². The van der Waals surface area contributed by atoms with Crippen molar-refractivity contribution in [1.82, 2.24) is 0 Å². The number of allylic oxidation sites excluding steroid dienone is 2. The Balaban J connectivity index is 1.82. The molecule has 3 aromatic carbocycles. The molecule has 3 atom stereocenters. The molecular formula is C25H24Sn. The summed E-state index contributed by atoms with van der Waals surface area (Å²) < 4.78 is 5.70. The molecule has 2 bridgehead atoms. The minimum absolute atomic E-state index is 0.761. The van der Waals surface area contributed by atoms with Crippen molar-refractivity contribution in [3.8, 4) is 0 Å². The van der Waals surface area contributed by atoms with Gasteiger partial charge < -0.3 is 0 Å². The van der Waals surface area contributed by atoms with Crippen LogP contribution in [-0.4, -0.2) is 18.4 Å². The summed E-state index contributed by atoms with van der Waals surface area (Å²) in [6.45, 7) is 0. The van der Waals surface area contributed by atoms with Crippen LogP contribution in [0.3, 0.4) is 0 Å². The van der Waals surface area contributed by atoms with Crippen LogP contribution in [0.25, 0.3) is 0 Å². The van der Waals surface area contributed by atoms with Gasteiger partial charge in [0.05, 0.1) is 0 Å². The number of hydrogen-bond acceptors (Lipinski definition) is 0. The Morgan fingerprint density at radius 3 is 1.35 bits per heavy atom. The zero-order chi connectivity index (χ0) is 17.4. The van der Waals surface area contributed by atoms with Gasteiger partial charge in [0.15, 0.2) is 0 Å². The van der Waals surface area contributed by atoms with Crippen molar-refractivity contribution in [1.29, 1.82) is 0 Å². The van der Waals surface area contributed by atoms with Crippen LogP contribution in [0.5, 0.6) is 0 Å². The van der Waals surface area contributed by atoms with E-state index in [1.54, 1.807) is 10.7 Å². The van der Waals surface area contributed by atoms with E-state index in [9.17, 15) is 0 Å². The fourth-order valence-corrected chi connectivity index (χ4v) is 22.6. The maximum absolute atomic E-state index is 3.12. The van der Waals surface area contributed by atoms with E-state index in [-0.39, 0.29) is 0 Å². The quantitative estimate of drug-likeness (QED) is 0.421. The Morgan fingerprint density at radius 1 is 0.538 bits per heavy atom. The molecule has 2 aliphatic rings. The third-order valence-corrected chi connectivity index (χ3v) is 22.2. The second-order valence-electron chi connectivity index (χ2n) is 7.79. The molecule has 0 aliphatic heterocycles. The Bertz CT molecular complexity index is 802. The first kappa shape index (κ1) is 16.4. The second-order valence-corrected chi connectivity index (χ2v) is 19.5. The molecule has 2 aliphatic carbocycles. The average Bonchev–Trinajstić information content (AvgIpc) is 3.35. The molecule has 3 aromatic rings. The summed E-state index contributed by atoms with van der Waals surface area (Å²) in [7, 11) is 0. The van der Waals surface area contributed by atoms with Gasteiger partial charge in [0.25, 0.3) is 0 Å². The Morgan fingerprint density at radius 2 is 1.00 bits per heavy atom. The molecule has 0 unspecified atom stereocenters. The monoisotopic (exact) mass is 444 g/mol. The molecule has 1 heteroatoms. The molecule has 0 spiro atoms. The molecule has 0 saturated heterocycles. The van der Waals surface area contributed by atoms with Crippen LogP contribution in [0.15, 0.2) is 103 Å². The van der Waals surface area contributed by atoms with Crippen molar-refractivity contribution in [3.63, 3.8) is 0 Å². The number of benzene rings is 3. The fourth-order valence-electron chi connectivity index (χ4n) is 5.52. The van der Waals surface area contributed by atoms with Crippen molar-refractivity contribution in [2.45, 2.75) is 16.8 Å². The topological polar surface area (TPSA) is 0 Å². The first-order valence-corrected chi connectivity index (χ1v) is 15.7. The molecule has 128 valence electrons. The molecule has 0 heterocycles. The first-order chi connectivity index (χ1) is 12.9. The van der Waals surface area contributed by atoms with E-state index in [0.717, 1.165) is 15.8 Å². The van der Waals surface area contributed by atoms with E-state index >= 15 is 0 Å². The van der Waals surface area contributed by atoms with E-state index in [2.05, 4.69) is 103 Å². The number of hydrogen-bond donors (Lipinski definition) is 0. The minimum atomic E-state index is -3.12. The van der Waals surface area contributed by atoms with Gasteiger partial charge in [-0.3, -0.25) is 0 Å². The first-order valence-electron chi connectivity index (χ1n) is 9.74. The molecule has 0 N–H and O–H groups in total. The van der Waals surface area contributed by atoms with Crippen LogP contribution >= 0.6 is 0 Å². The maximum atomic E-state index is 2.54. The van der Waals surface area contributed by atoms with Crippen LogP contribution in [-0.2, 0) is 0 Å². The average molecular weight is 443 g/mol. The Kier molecular flexibility index (Phi) is 4.24. The van der Waals surface area contributed by atoms with Gasteiger partial charge in [0, 0.05) is 0 Å². The van der Waals surface area contributed by atoms with Crippen LogP contribution in [0.2, 0.25) is 3.93 Å². The molecule has 26 heavy (non-hydrogen) atoms. The van der Waals surface area contributed by atoms with Crippen molar-refractivity contribution >= 4 is 29.1 Å². The summed E-state index contributed by atoms with van der Waals surface area (Å²) >= 11 is -3.12. The molecule has 0 amide bonds. The van der Waals surface area contributed by atoms with Crippen LogP contribution in [0, 0.1) is 11.8 Å². The van der Waals surface area contributed by atoms with Gasteiger partial charge in [-0.25, -0.2) is 0 Å². The molecule has 5 rings (SSSR count). The zero-order valence-corrected chi connectivity index (χ0v) is 17.8. The molecule has 1 saturated carbocycles. The summed E-state index contributed by atoms with van der Waals surface area (Å²) in [4.78, 5) is 0. The summed E-state index contributed by atoms with van der Waals surface area (Å²) in [5.74, 6) is 1.56. The van der Waals surface area contributed by atoms with E-state index < -0.39 is 18.4 Å². The van der Waals surface area contributed by atoms with Gasteiger partial charge in [-0.05, 0) is 0 Å². The summed E-state index contributed by atoms with van der Waals surface area (Å²) in [6, 6.07) is 34.5. The Labute approximate surface area is 160 Å². The summed E-state index contributed by atoms with van der Waals surface area (Å²) in [5, 5.41) is 0. The Hall–Kier alpha value is -1.80. The molecule has 0 aromatic heterocycles. The standard InChI is InChI=1S/C7H9.3C6H5.Sn/c1-2-7-4-3-6(1)5-7;3*1-2-4-6-5-3-1;/h1-3,6-7H,4-5H2;3*1-5H;/t6-,7+;;;;/m0..../s1. The van der Waals surface area contributed by atoms with E-state index in [0.29, 0.717) is 0 Å². The van der Waals surface area contributed by atoms with Crippen molar-refractivity contribution in [2.24, 2.45) is 11.8 Å². The van der Waals surface area contributed by atoms with Crippen LogP contribution in [0.4, 0.5) is 0 Å². The van der Waals surface area contributed by atoms with E-state index in [1.807, 2.05) is 0 Å². The van der Waals surface area contributed by atoms with E-state index in [4.69, 9.17) is 0 Å². The summed E-state index contributed by atoms with van der Waals surface area (Å²) in [6.07, 6.45) is 7.77. The van der Waals surface area contributed by atoms with Gasteiger partial charge in [0.1, 0.15) is 0 Å². The zero-order valence-electron chi connectivity index (χ0n) is 15.0. The van der Waals surface area contributed by atoms with Gasteiger partial charge in [-0.1, -0.05) is 0 Å². The predicted molar refractivity (Wildman–Crippen MR) is 113 cm³/mol. The molecular weight excluding hydrogens is 419 g/mol. The predicted octanol–water partition coefficient (Wildman–Crippen LogP) is 4.12. The molecule has 0 nitrogen and oxygen atoms in total. The van der Waals surface area contributed by atoms with E-state index in [1.165, 1.54) is 12.8 Å². The van der Waals surface area contributed by atoms with Crippen molar-refractivity contribution in [2.75, 3.05) is 0 Å². The summed E-state index contributed by atoms with van der Waals surface area (Å²) in [5.41, 5.74) is 0. The number of rotatable bonds is 4. The molecule has 0 radical (unpaired) electrons. The van der Waals surface area contributed by atoms with Crippen molar-refractivity contribution < 1.29 is 0 Å². The van der Waals surface area contributed by atoms with Crippen molar-refractivity contribution in [3.05, 3.63) is 103 Å².